The molecular weight excluding hydrogens is 210 g/mol. The first-order valence-corrected chi connectivity index (χ1v) is 6.24. The minimum absolute atomic E-state index is 0.641. The molecule has 1 atom stereocenters. The lowest BCUT2D eigenvalue weighted by Gasteiger charge is -2.09. The average molecular weight is 231 g/mol. The van der Waals surface area contributed by atoms with Gasteiger partial charge in [-0.1, -0.05) is 13.0 Å². The van der Waals surface area contributed by atoms with Crippen LogP contribution in [0.4, 0.5) is 0 Å². The summed E-state index contributed by atoms with van der Waals surface area (Å²) < 4.78 is 2.13. The van der Waals surface area contributed by atoms with E-state index in [1.165, 1.54) is 11.1 Å². The van der Waals surface area contributed by atoms with Crippen LogP contribution in [0.3, 0.4) is 0 Å². The summed E-state index contributed by atoms with van der Waals surface area (Å²) >= 11 is 0. The summed E-state index contributed by atoms with van der Waals surface area (Å²) in [7, 11) is 2.06. The Balaban J connectivity index is 2.26. The van der Waals surface area contributed by atoms with Crippen molar-refractivity contribution in [3.63, 3.8) is 0 Å². The highest BCUT2D eigenvalue weighted by Gasteiger charge is 2.07. The molecule has 3 heteroatoms. The number of aromatic nitrogens is 2. The summed E-state index contributed by atoms with van der Waals surface area (Å²) in [6.45, 7) is 5.06. The third-order valence-corrected chi connectivity index (χ3v) is 3.41. The summed E-state index contributed by atoms with van der Waals surface area (Å²) in [4.78, 5) is 4.56. The zero-order valence-corrected chi connectivity index (χ0v) is 10.9. The monoisotopic (exact) mass is 231 g/mol. The van der Waals surface area contributed by atoms with E-state index in [9.17, 15) is 0 Å². The third-order valence-electron chi connectivity index (χ3n) is 3.41. The maximum atomic E-state index is 5.58. The molecule has 1 unspecified atom stereocenters. The van der Waals surface area contributed by atoms with E-state index in [-0.39, 0.29) is 0 Å². The van der Waals surface area contributed by atoms with Crippen molar-refractivity contribution in [3.8, 4) is 0 Å². The van der Waals surface area contributed by atoms with Crippen LogP contribution in [0.1, 0.15) is 24.7 Å². The summed E-state index contributed by atoms with van der Waals surface area (Å²) in [5, 5.41) is 0. The molecule has 1 aromatic carbocycles. The summed E-state index contributed by atoms with van der Waals surface area (Å²) in [5.74, 6) is 1.70. The second-order valence-corrected chi connectivity index (χ2v) is 4.93. The van der Waals surface area contributed by atoms with Gasteiger partial charge < -0.3 is 10.3 Å². The van der Waals surface area contributed by atoms with E-state index in [4.69, 9.17) is 5.73 Å². The summed E-state index contributed by atoms with van der Waals surface area (Å²) in [6, 6.07) is 6.58. The predicted octanol–water partition coefficient (Wildman–Crippen LogP) is 2.41. The van der Waals surface area contributed by atoms with Crippen molar-refractivity contribution in [2.45, 2.75) is 26.7 Å². The number of benzene rings is 1. The zero-order chi connectivity index (χ0) is 12.4. The van der Waals surface area contributed by atoms with Gasteiger partial charge in [-0.2, -0.15) is 0 Å². The second-order valence-electron chi connectivity index (χ2n) is 4.93. The minimum Gasteiger partial charge on any atom is -0.331 e. The van der Waals surface area contributed by atoms with Crippen LogP contribution in [0.5, 0.6) is 0 Å². The Bertz CT molecular complexity index is 513. The van der Waals surface area contributed by atoms with Crippen LogP contribution in [-0.4, -0.2) is 16.1 Å². The highest BCUT2D eigenvalue weighted by molar-refractivity contribution is 5.76. The van der Waals surface area contributed by atoms with Crippen molar-refractivity contribution in [1.29, 1.82) is 0 Å². The highest BCUT2D eigenvalue weighted by atomic mass is 15.0. The summed E-state index contributed by atoms with van der Waals surface area (Å²) in [5.41, 5.74) is 9.24. The summed E-state index contributed by atoms with van der Waals surface area (Å²) in [6.07, 6.45) is 2.17. The molecule has 0 aliphatic heterocycles. The molecule has 0 aliphatic carbocycles. The van der Waals surface area contributed by atoms with Crippen LogP contribution in [0, 0.1) is 12.8 Å². The number of hydrogen-bond donors (Lipinski definition) is 1. The molecule has 2 N–H and O–H groups in total. The lowest BCUT2D eigenvalue weighted by molar-refractivity contribution is 0.539. The van der Waals surface area contributed by atoms with Gasteiger partial charge in [-0.15, -0.1) is 0 Å². The quantitative estimate of drug-likeness (QED) is 0.878. The van der Waals surface area contributed by atoms with Gasteiger partial charge in [0.05, 0.1) is 11.0 Å². The first-order chi connectivity index (χ1) is 8.11. The fourth-order valence-electron chi connectivity index (χ4n) is 2.28. The van der Waals surface area contributed by atoms with Gasteiger partial charge in [-0.3, -0.25) is 0 Å². The molecule has 0 spiro atoms. The van der Waals surface area contributed by atoms with Gasteiger partial charge in [0.15, 0.2) is 0 Å². The van der Waals surface area contributed by atoms with Crippen molar-refractivity contribution in [2.75, 3.05) is 6.54 Å². The second kappa shape index (κ2) is 4.88. The molecule has 0 radical (unpaired) electrons. The number of fused-ring (bicyclic) bond motifs is 1. The van der Waals surface area contributed by atoms with Gasteiger partial charge >= 0.3 is 0 Å². The Kier molecular flexibility index (Phi) is 3.48. The van der Waals surface area contributed by atoms with Gasteiger partial charge in [-0.05, 0) is 49.9 Å². The van der Waals surface area contributed by atoms with Crippen molar-refractivity contribution in [2.24, 2.45) is 18.7 Å². The molecule has 17 heavy (non-hydrogen) atoms. The number of rotatable bonds is 4. The zero-order valence-electron chi connectivity index (χ0n) is 10.9. The number of imidazole rings is 1. The van der Waals surface area contributed by atoms with Gasteiger partial charge in [0.1, 0.15) is 5.82 Å². The number of hydrogen-bond acceptors (Lipinski definition) is 2. The van der Waals surface area contributed by atoms with Crippen LogP contribution in [0.2, 0.25) is 0 Å². The highest BCUT2D eigenvalue weighted by Crippen LogP contribution is 2.19. The molecule has 0 amide bonds. The van der Waals surface area contributed by atoms with Gasteiger partial charge in [0, 0.05) is 7.05 Å². The van der Waals surface area contributed by atoms with Crippen LogP contribution >= 0.6 is 0 Å². The topological polar surface area (TPSA) is 43.8 Å². The minimum atomic E-state index is 0.641. The van der Waals surface area contributed by atoms with Gasteiger partial charge in [0.25, 0.3) is 0 Å². The van der Waals surface area contributed by atoms with E-state index >= 15 is 0 Å². The van der Waals surface area contributed by atoms with E-state index in [1.54, 1.807) is 0 Å². The number of nitrogens with zero attached hydrogens (tertiary/aromatic N) is 2. The van der Waals surface area contributed by atoms with Crippen LogP contribution < -0.4 is 5.73 Å². The van der Waals surface area contributed by atoms with Crippen molar-refractivity contribution in [3.05, 3.63) is 29.6 Å². The maximum absolute atomic E-state index is 5.58. The lowest BCUT2D eigenvalue weighted by atomic mass is 9.98. The fourth-order valence-corrected chi connectivity index (χ4v) is 2.28. The van der Waals surface area contributed by atoms with Crippen molar-refractivity contribution in [1.82, 2.24) is 9.55 Å². The van der Waals surface area contributed by atoms with E-state index in [1.807, 2.05) is 6.92 Å². The Labute approximate surface area is 103 Å². The van der Waals surface area contributed by atoms with Crippen LogP contribution in [-0.2, 0) is 13.5 Å². The van der Waals surface area contributed by atoms with Crippen molar-refractivity contribution < 1.29 is 0 Å². The Morgan fingerprint density at radius 2 is 2.18 bits per heavy atom. The third kappa shape index (κ3) is 2.50. The first-order valence-electron chi connectivity index (χ1n) is 6.24. The Morgan fingerprint density at radius 3 is 2.88 bits per heavy atom. The van der Waals surface area contributed by atoms with E-state index in [2.05, 4.69) is 41.7 Å². The molecule has 0 bridgehead atoms. The van der Waals surface area contributed by atoms with Gasteiger partial charge in [-0.25, -0.2) is 4.98 Å². The lowest BCUT2D eigenvalue weighted by Crippen LogP contribution is -2.08. The molecule has 2 rings (SSSR count). The van der Waals surface area contributed by atoms with Crippen LogP contribution in [0.15, 0.2) is 18.2 Å². The maximum Gasteiger partial charge on any atom is 0.106 e. The average Bonchev–Trinajstić information content (AvgIpc) is 2.55. The number of aryl methyl sites for hydroxylation is 2. The fraction of sp³-hybridized carbons (Fsp3) is 0.500. The van der Waals surface area contributed by atoms with E-state index < -0.39 is 0 Å². The molecule has 92 valence electrons. The SMILES string of the molecule is Cc1nc2cc(CC(C)CCN)ccc2n1C. The molecule has 3 nitrogen and oxygen atoms in total. The molecule has 0 saturated heterocycles. The van der Waals surface area contributed by atoms with E-state index in [0.717, 1.165) is 30.7 Å². The molecule has 2 aromatic rings. The Hall–Kier alpha value is -1.35. The molecule has 0 aliphatic rings. The molecular formula is C14H21N3. The normalized spacial score (nSPS) is 13.2. The Morgan fingerprint density at radius 1 is 1.41 bits per heavy atom. The molecule has 0 fully saturated rings. The van der Waals surface area contributed by atoms with Crippen LogP contribution in [0.25, 0.3) is 11.0 Å². The molecule has 1 heterocycles. The smallest absolute Gasteiger partial charge is 0.106 e. The standard InChI is InChI=1S/C14H21N3/c1-10(6-7-15)8-12-4-5-14-13(9-12)16-11(2)17(14)3/h4-5,9-10H,6-8,15H2,1-3H3. The predicted molar refractivity (Wildman–Crippen MR) is 72.0 cm³/mol. The molecule has 0 saturated carbocycles. The largest absolute Gasteiger partial charge is 0.331 e. The van der Waals surface area contributed by atoms with Crippen molar-refractivity contribution >= 4 is 11.0 Å². The van der Waals surface area contributed by atoms with Gasteiger partial charge in [0.2, 0.25) is 0 Å². The number of nitrogens with two attached hydrogens (primary N) is 1. The molecule has 1 aromatic heterocycles. The first kappa shape index (κ1) is 12.1. The van der Waals surface area contributed by atoms with E-state index in [0.29, 0.717) is 5.92 Å².